The molecule has 1 heterocycles. The van der Waals surface area contributed by atoms with Crippen LogP contribution in [0.1, 0.15) is 11.1 Å². The fourth-order valence-corrected chi connectivity index (χ4v) is 3.44. The van der Waals surface area contributed by atoms with Gasteiger partial charge in [0.05, 0.1) is 12.8 Å². The highest BCUT2D eigenvalue weighted by molar-refractivity contribution is 6.39. The summed E-state index contributed by atoms with van der Waals surface area (Å²) in [5.41, 5.74) is 1.64. The number of methoxy groups -OCH3 is 1. The van der Waals surface area contributed by atoms with E-state index in [1.54, 1.807) is 31.2 Å². The number of imide groups is 2. The van der Waals surface area contributed by atoms with E-state index in [0.29, 0.717) is 17.0 Å². The molecule has 0 atom stereocenters. The number of hydrogen-bond acceptors (Lipinski definition) is 4. The number of carbonyl (C=O) groups excluding carboxylic acids is 3. The molecule has 4 amide bonds. The van der Waals surface area contributed by atoms with Crippen LogP contribution in [0, 0.1) is 6.92 Å². The first-order valence-electron chi connectivity index (χ1n) is 9.04. The van der Waals surface area contributed by atoms with Crippen LogP contribution in [0.2, 0.25) is 0 Å². The van der Waals surface area contributed by atoms with Crippen LogP contribution in [-0.2, 0) is 9.59 Å². The quantitative estimate of drug-likeness (QED) is 0.548. The Morgan fingerprint density at radius 2 is 1.66 bits per heavy atom. The maximum atomic E-state index is 13.2. The lowest BCUT2D eigenvalue weighted by Gasteiger charge is -2.27. The normalized spacial score (nSPS) is 15.7. The number of benzene rings is 3. The summed E-state index contributed by atoms with van der Waals surface area (Å²) < 4.78 is 5.45. The highest BCUT2D eigenvalue weighted by atomic mass is 16.5. The molecule has 3 aromatic rings. The Balaban J connectivity index is 1.89. The Morgan fingerprint density at radius 1 is 0.931 bits per heavy atom. The Bertz CT molecular complexity index is 1200. The number of rotatable bonds is 3. The standard InChI is InChI=1S/C23H18N2O4/c1-14-7-3-6-10-19(14)25-22(27)18(21(26)24-23(25)28)13-17-16-9-5-4-8-15(16)11-12-20(17)29-2/h3-13H,1-2H3,(H,24,26,28)/b18-13-. The van der Waals surface area contributed by atoms with E-state index in [9.17, 15) is 14.4 Å². The smallest absolute Gasteiger partial charge is 0.335 e. The SMILES string of the molecule is COc1ccc2ccccc2c1/C=C1/C(=O)NC(=O)N(c2ccccc2C)C1=O. The molecule has 6 nitrogen and oxygen atoms in total. The molecule has 1 N–H and O–H groups in total. The van der Waals surface area contributed by atoms with E-state index in [0.717, 1.165) is 21.2 Å². The lowest BCUT2D eigenvalue weighted by atomic mass is 9.99. The van der Waals surface area contributed by atoms with Gasteiger partial charge in [-0.2, -0.15) is 0 Å². The molecule has 0 aliphatic carbocycles. The minimum atomic E-state index is -0.767. The summed E-state index contributed by atoms with van der Waals surface area (Å²) in [4.78, 5) is 39.1. The fraction of sp³-hybridized carbons (Fsp3) is 0.0870. The van der Waals surface area contributed by atoms with Crippen LogP contribution in [0.4, 0.5) is 10.5 Å². The zero-order chi connectivity index (χ0) is 20.5. The predicted molar refractivity (Wildman–Crippen MR) is 111 cm³/mol. The number of barbiturate groups is 1. The van der Waals surface area contributed by atoms with Gasteiger partial charge in [-0.15, -0.1) is 0 Å². The van der Waals surface area contributed by atoms with Gasteiger partial charge in [-0.25, -0.2) is 9.69 Å². The number of para-hydroxylation sites is 1. The van der Waals surface area contributed by atoms with Gasteiger partial charge < -0.3 is 4.74 Å². The monoisotopic (exact) mass is 386 g/mol. The van der Waals surface area contributed by atoms with Gasteiger partial charge in [0.1, 0.15) is 11.3 Å². The van der Waals surface area contributed by atoms with Crippen LogP contribution < -0.4 is 15.0 Å². The number of urea groups is 1. The van der Waals surface area contributed by atoms with Crippen LogP contribution in [0.5, 0.6) is 5.75 Å². The van der Waals surface area contributed by atoms with E-state index in [4.69, 9.17) is 4.74 Å². The van der Waals surface area contributed by atoms with E-state index in [-0.39, 0.29) is 5.57 Å². The molecule has 4 rings (SSSR count). The van der Waals surface area contributed by atoms with Crippen molar-refractivity contribution < 1.29 is 19.1 Å². The second-order valence-electron chi connectivity index (χ2n) is 6.65. The average molecular weight is 386 g/mol. The number of carbonyl (C=O) groups is 3. The third-order valence-corrected chi connectivity index (χ3v) is 4.90. The average Bonchev–Trinajstić information content (AvgIpc) is 2.72. The number of hydrogen-bond donors (Lipinski definition) is 1. The number of amides is 4. The highest BCUT2D eigenvalue weighted by Gasteiger charge is 2.37. The summed E-state index contributed by atoms with van der Waals surface area (Å²) in [6.45, 7) is 1.80. The fourth-order valence-electron chi connectivity index (χ4n) is 3.44. The summed E-state index contributed by atoms with van der Waals surface area (Å²) in [7, 11) is 1.53. The molecule has 1 fully saturated rings. The molecule has 0 saturated carbocycles. The zero-order valence-electron chi connectivity index (χ0n) is 15.9. The molecule has 144 valence electrons. The molecule has 0 spiro atoms. The summed E-state index contributed by atoms with van der Waals surface area (Å²) in [5, 5.41) is 4.03. The number of nitrogens with zero attached hydrogens (tertiary/aromatic N) is 1. The van der Waals surface area contributed by atoms with Crippen LogP contribution in [0.15, 0.2) is 66.2 Å². The molecule has 0 unspecified atom stereocenters. The molecule has 3 aromatic carbocycles. The van der Waals surface area contributed by atoms with Crippen LogP contribution in [0.3, 0.4) is 0 Å². The van der Waals surface area contributed by atoms with E-state index < -0.39 is 17.8 Å². The van der Waals surface area contributed by atoms with Gasteiger partial charge in [0, 0.05) is 5.56 Å². The molecule has 0 radical (unpaired) electrons. The summed E-state index contributed by atoms with van der Waals surface area (Å²) in [6, 6.07) is 17.5. The first kappa shape index (κ1) is 18.4. The Morgan fingerprint density at radius 3 is 2.41 bits per heavy atom. The van der Waals surface area contributed by atoms with E-state index in [1.807, 2.05) is 36.4 Å². The second kappa shape index (κ2) is 7.24. The van der Waals surface area contributed by atoms with Crippen molar-refractivity contribution in [1.29, 1.82) is 0 Å². The van der Waals surface area contributed by atoms with Crippen LogP contribution in [-0.4, -0.2) is 25.0 Å². The number of fused-ring (bicyclic) bond motifs is 1. The third-order valence-electron chi connectivity index (χ3n) is 4.90. The van der Waals surface area contributed by atoms with Crippen molar-refractivity contribution >= 4 is 40.4 Å². The molecule has 1 aliphatic rings. The summed E-state index contributed by atoms with van der Waals surface area (Å²) in [6.07, 6.45) is 1.48. The number of nitrogens with one attached hydrogen (secondary N) is 1. The number of ether oxygens (including phenoxy) is 1. The minimum Gasteiger partial charge on any atom is -0.496 e. The van der Waals surface area contributed by atoms with Crippen molar-refractivity contribution in [1.82, 2.24) is 5.32 Å². The molecular weight excluding hydrogens is 368 g/mol. The second-order valence-corrected chi connectivity index (χ2v) is 6.65. The Hall–Kier alpha value is -3.93. The van der Waals surface area contributed by atoms with Gasteiger partial charge in [-0.05, 0) is 41.5 Å². The first-order valence-corrected chi connectivity index (χ1v) is 9.04. The summed E-state index contributed by atoms with van der Waals surface area (Å²) >= 11 is 0. The van der Waals surface area contributed by atoms with Crippen molar-refractivity contribution in [3.63, 3.8) is 0 Å². The van der Waals surface area contributed by atoms with Crippen molar-refractivity contribution in [2.75, 3.05) is 12.0 Å². The van der Waals surface area contributed by atoms with Crippen molar-refractivity contribution in [2.24, 2.45) is 0 Å². The maximum Gasteiger partial charge on any atom is 0.335 e. The van der Waals surface area contributed by atoms with Gasteiger partial charge >= 0.3 is 6.03 Å². The first-order chi connectivity index (χ1) is 14.0. The summed E-state index contributed by atoms with van der Waals surface area (Å²) in [5.74, 6) is -0.890. The molecular formula is C23H18N2O4. The topological polar surface area (TPSA) is 75.7 Å². The highest BCUT2D eigenvalue weighted by Crippen LogP contribution is 2.32. The van der Waals surface area contributed by atoms with Crippen LogP contribution >= 0.6 is 0 Å². The molecule has 29 heavy (non-hydrogen) atoms. The number of aryl methyl sites for hydroxylation is 1. The Kier molecular flexibility index (Phi) is 4.60. The number of anilines is 1. The zero-order valence-corrected chi connectivity index (χ0v) is 15.9. The molecule has 1 saturated heterocycles. The molecule has 6 heteroatoms. The van der Waals surface area contributed by atoms with Crippen molar-refractivity contribution in [3.8, 4) is 5.75 Å². The predicted octanol–water partition coefficient (Wildman–Crippen LogP) is 3.82. The van der Waals surface area contributed by atoms with Gasteiger partial charge in [-0.3, -0.25) is 14.9 Å². The van der Waals surface area contributed by atoms with Crippen molar-refractivity contribution in [3.05, 3.63) is 77.4 Å². The molecule has 0 bridgehead atoms. The molecule has 0 aromatic heterocycles. The van der Waals surface area contributed by atoms with Gasteiger partial charge in [0.25, 0.3) is 11.8 Å². The van der Waals surface area contributed by atoms with E-state index >= 15 is 0 Å². The van der Waals surface area contributed by atoms with Crippen molar-refractivity contribution in [2.45, 2.75) is 6.92 Å². The van der Waals surface area contributed by atoms with E-state index in [1.165, 1.54) is 13.2 Å². The Labute approximate surface area is 167 Å². The largest absolute Gasteiger partial charge is 0.496 e. The third kappa shape index (κ3) is 3.14. The lowest BCUT2D eigenvalue weighted by molar-refractivity contribution is -0.122. The van der Waals surface area contributed by atoms with Crippen LogP contribution in [0.25, 0.3) is 16.8 Å². The maximum absolute atomic E-state index is 13.2. The lowest BCUT2D eigenvalue weighted by Crippen LogP contribution is -2.54. The van der Waals surface area contributed by atoms with Gasteiger partial charge in [-0.1, -0.05) is 48.5 Å². The minimum absolute atomic E-state index is 0.137. The molecule has 1 aliphatic heterocycles. The van der Waals surface area contributed by atoms with Gasteiger partial charge in [0.15, 0.2) is 0 Å². The van der Waals surface area contributed by atoms with E-state index in [2.05, 4.69) is 5.32 Å². The van der Waals surface area contributed by atoms with Gasteiger partial charge in [0.2, 0.25) is 0 Å².